The number of carboxylic acid groups (broad SMARTS) is 1. The van der Waals surface area contributed by atoms with Crippen molar-refractivity contribution in [2.75, 3.05) is 0 Å². The van der Waals surface area contributed by atoms with Gasteiger partial charge in [0.1, 0.15) is 0 Å². The summed E-state index contributed by atoms with van der Waals surface area (Å²) in [7, 11) is 1.86. The number of aromatic nitrogens is 2. The third-order valence-corrected chi connectivity index (χ3v) is 1.65. The van der Waals surface area contributed by atoms with Gasteiger partial charge >= 0.3 is 5.97 Å². The van der Waals surface area contributed by atoms with Crippen LogP contribution in [0.2, 0.25) is 0 Å². The predicted octanol–water partition coefficient (Wildman–Crippen LogP) is 0.826. The quantitative estimate of drug-likeness (QED) is 0.662. The zero-order valence-electron chi connectivity index (χ0n) is 6.98. The molecule has 4 heteroatoms. The molecule has 0 spiro atoms. The van der Waals surface area contributed by atoms with Crippen LogP contribution in [0.15, 0.2) is 12.4 Å². The molecule has 0 aromatic carbocycles. The maximum Gasteiger partial charge on any atom is 0.328 e. The first-order chi connectivity index (χ1) is 5.61. The van der Waals surface area contributed by atoms with Gasteiger partial charge in [0, 0.05) is 18.8 Å². The van der Waals surface area contributed by atoms with Gasteiger partial charge < -0.3 is 9.67 Å². The molecule has 0 bridgehead atoms. The fourth-order valence-electron chi connectivity index (χ4n) is 0.823. The molecule has 1 aromatic heterocycles. The van der Waals surface area contributed by atoms with Crippen LogP contribution in [0.1, 0.15) is 11.4 Å². The highest BCUT2D eigenvalue weighted by Gasteiger charge is 1.99. The SMILES string of the molecule is Cc1c(/C=C/C(=O)O)ncn1C. The van der Waals surface area contributed by atoms with Crippen molar-refractivity contribution >= 4 is 12.0 Å². The van der Waals surface area contributed by atoms with Gasteiger partial charge in [0.15, 0.2) is 0 Å². The van der Waals surface area contributed by atoms with E-state index in [1.165, 1.54) is 6.08 Å². The Morgan fingerprint density at radius 1 is 1.75 bits per heavy atom. The number of hydrogen-bond donors (Lipinski definition) is 1. The predicted molar refractivity (Wildman–Crippen MR) is 44.6 cm³/mol. The Hall–Kier alpha value is -1.58. The van der Waals surface area contributed by atoms with Crippen molar-refractivity contribution in [3.8, 4) is 0 Å². The average Bonchev–Trinajstić information content (AvgIpc) is 2.30. The molecular formula is C8H10N2O2. The number of aryl methyl sites for hydroxylation is 1. The topological polar surface area (TPSA) is 55.1 Å². The van der Waals surface area contributed by atoms with E-state index in [0.29, 0.717) is 5.69 Å². The Labute approximate surface area is 70.2 Å². The van der Waals surface area contributed by atoms with Crippen molar-refractivity contribution in [2.24, 2.45) is 7.05 Å². The van der Waals surface area contributed by atoms with Crippen molar-refractivity contribution in [3.05, 3.63) is 23.8 Å². The summed E-state index contributed by atoms with van der Waals surface area (Å²) in [6.45, 7) is 1.88. The van der Waals surface area contributed by atoms with Gasteiger partial charge in [0.2, 0.25) is 0 Å². The maximum absolute atomic E-state index is 10.2. The van der Waals surface area contributed by atoms with Crippen LogP contribution in [0, 0.1) is 6.92 Å². The summed E-state index contributed by atoms with van der Waals surface area (Å²) in [5, 5.41) is 8.35. The molecular weight excluding hydrogens is 156 g/mol. The third kappa shape index (κ3) is 1.72. The molecule has 0 unspecified atom stereocenters. The molecule has 12 heavy (non-hydrogen) atoms. The second kappa shape index (κ2) is 3.21. The number of hydrogen-bond acceptors (Lipinski definition) is 2. The number of carboxylic acids is 1. The number of imidazole rings is 1. The van der Waals surface area contributed by atoms with Gasteiger partial charge in [-0.2, -0.15) is 0 Å². The highest BCUT2D eigenvalue weighted by molar-refractivity contribution is 5.85. The molecule has 0 radical (unpaired) electrons. The molecule has 0 saturated heterocycles. The van der Waals surface area contributed by atoms with Gasteiger partial charge in [-0.25, -0.2) is 9.78 Å². The molecule has 1 N–H and O–H groups in total. The second-order valence-corrected chi connectivity index (χ2v) is 2.50. The van der Waals surface area contributed by atoms with Gasteiger partial charge in [0.05, 0.1) is 12.0 Å². The molecule has 1 heterocycles. The van der Waals surface area contributed by atoms with Crippen molar-refractivity contribution in [3.63, 3.8) is 0 Å². The van der Waals surface area contributed by atoms with Gasteiger partial charge in [-0.05, 0) is 13.0 Å². The number of aliphatic carboxylic acids is 1. The fraction of sp³-hybridized carbons (Fsp3) is 0.250. The van der Waals surface area contributed by atoms with Crippen molar-refractivity contribution in [1.82, 2.24) is 9.55 Å². The zero-order chi connectivity index (χ0) is 9.14. The molecule has 4 nitrogen and oxygen atoms in total. The Kier molecular flexibility index (Phi) is 2.28. The Morgan fingerprint density at radius 3 is 2.83 bits per heavy atom. The van der Waals surface area contributed by atoms with E-state index in [1.807, 2.05) is 18.5 Å². The van der Waals surface area contributed by atoms with E-state index in [1.54, 1.807) is 6.33 Å². The van der Waals surface area contributed by atoms with Crippen molar-refractivity contribution < 1.29 is 9.90 Å². The Bertz CT molecular complexity index is 326. The first-order valence-corrected chi connectivity index (χ1v) is 3.50. The first kappa shape index (κ1) is 8.52. The minimum absolute atomic E-state index is 0.694. The van der Waals surface area contributed by atoms with Crippen LogP contribution in [-0.2, 0) is 11.8 Å². The lowest BCUT2D eigenvalue weighted by molar-refractivity contribution is -0.131. The summed E-state index contributed by atoms with van der Waals surface area (Å²) in [4.78, 5) is 14.2. The highest BCUT2D eigenvalue weighted by atomic mass is 16.4. The summed E-state index contributed by atoms with van der Waals surface area (Å²) in [6.07, 6.45) is 4.21. The lowest BCUT2D eigenvalue weighted by Gasteiger charge is -1.92. The summed E-state index contributed by atoms with van der Waals surface area (Å²) in [5.74, 6) is -0.958. The first-order valence-electron chi connectivity index (χ1n) is 3.50. The smallest absolute Gasteiger partial charge is 0.328 e. The van der Waals surface area contributed by atoms with Crippen LogP contribution in [0.5, 0.6) is 0 Å². The number of rotatable bonds is 2. The molecule has 0 fully saturated rings. The van der Waals surface area contributed by atoms with E-state index in [9.17, 15) is 4.79 Å². The lowest BCUT2D eigenvalue weighted by atomic mass is 10.3. The molecule has 0 atom stereocenters. The number of carbonyl (C=O) groups is 1. The lowest BCUT2D eigenvalue weighted by Crippen LogP contribution is -1.89. The van der Waals surface area contributed by atoms with E-state index >= 15 is 0 Å². The molecule has 0 amide bonds. The molecule has 0 saturated carbocycles. The second-order valence-electron chi connectivity index (χ2n) is 2.50. The monoisotopic (exact) mass is 166 g/mol. The van der Waals surface area contributed by atoms with Crippen LogP contribution in [-0.4, -0.2) is 20.6 Å². The van der Waals surface area contributed by atoms with Crippen LogP contribution in [0.25, 0.3) is 6.08 Å². The van der Waals surface area contributed by atoms with Gasteiger partial charge in [-0.3, -0.25) is 0 Å². The molecule has 64 valence electrons. The van der Waals surface area contributed by atoms with Crippen LogP contribution in [0.3, 0.4) is 0 Å². The minimum atomic E-state index is -0.958. The van der Waals surface area contributed by atoms with E-state index in [4.69, 9.17) is 5.11 Å². The van der Waals surface area contributed by atoms with Gasteiger partial charge in [-0.1, -0.05) is 0 Å². The Balaban J connectivity index is 2.90. The third-order valence-electron chi connectivity index (χ3n) is 1.65. The largest absolute Gasteiger partial charge is 0.478 e. The Morgan fingerprint density at radius 2 is 2.42 bits per heavy atom. The average molecular weight is 166 g/mol. The highest BCUT2D eigenvalue weighted by Crippen LogP contribution is 2.05. The molecule has 0 aliphatic rings. The summed E-state index contributed by atoms with van der Waals surface area (Å²) in [5.41, 5.74) is 1.65. The van der Waals surface area contributed by atoms with Crippen molar-refractivity contribution in [1.29, 1.82) is 0 Å². The standard InChI is InChI=1S/C8H10N2O2/c1-6-7(3-4-8(11)12)9-5-10(6)2/h3-5H,1-2H3,(H,11,12)/b4-3+. The van der Waals surface area contributed by atoms with E-state index in [-0.39, 0.29) is 0 Å². The van der Waals surface area contributed by atoms with E-state index in [0.717, 1.165) is 11.8 Å². The summed E-state index contributed by atoms with van der Waals surface area (Å²) in [6, 6.07) is 0. The molecule has 0 aliphatic carbocycles. The summed E-state index contributed by atoms with van der Waals surface area (Å²) >= 11 is 0. The van der Waals surface area contributed by atoms with Gasteiger partial charge in [-0.15, -0.1) is 0 Å². The molecule has 1 aromatic rings. The van der Waals surface area contributed by atoms with Crippen LogP contribution < -0.4 is 0 Å². The van der Waals surface area contributed by atoms with Crippen molar-refractivity contribution in [2.45, 2.75) is 6.92 Å². The van der Waals surface area contributed by atoms with E-state index < -0.39 is 5.97 Å². The molecule has 1 rings (SSSR count). The number of nitrogens with zero attached hydrogens (tertiary/aromatic N) is 2. The molecule has 0 aliphatic heterocycles. The summed E-state index contributed by atoms with van der Waals surface area (Å²) < 4.78 is 1.83. The van der Waals surface area contributed by atoms with Crippen LogP contribution in [0.4, 0.5) is 0 Å². The fourth-order valence-corrected chi connectivity index (χ4v) is 0.823. The van der Waals surface area contributed by atoms with E-state index in [2.05, 4.69) is 4.98 Å². The zero-order valence-corrected chi connectivity index (χ0v) is 6.98. The van der Waals surface area contributed by atoms with Crippen LogP contribution >= 0.6 is 0 Å². The normalized spacial score (nSPS) is 10.8. The van der Waals surface area contributed by atoms with Gasteiger partial charge in [0.25, 0.3) is 0 Å². The minimum Gasteiger partial charge on any atom is -0.478 e. The maximum atomic E-state index is 10.2.